The average Bonchev–Trinajstić information content (AvgIpc) is 2.78. The van der Waals surface area contributed by atoms with Crippen LogP contribution in [-0.2, 0) is 16.0 Å². The van der Waals surface area contributed by atoms with Crippen LogP contribution in [0, 0.1) is 0 Å². The van der Waals surface area contributed by atoms with Crippen molar-refractivity contribution in [3.63, 3.8) is 0 Å². The van der Waals surface area contributed by atoms with Gasteiger partial charge in [-0.1, -0.05) is 60.1 Å². The summed E-state index contributed by atoms with van der Waals surface area (Å²) in [5, 5.41) is 44.5. The summed E-state index contributed by atoms with van der Waals surface area (Å²) < 4.78 is 5.66. The fourth-order valence-corrected chi connectivity index (χ4v) is 3.94. The van der Waals surface area contributed by atoms with E-state index in [0.717, 1.165) is 28.8 Å². The standard InChI is InChI=1S/C23H28ClNO6/c1-3-18(25-30-2)14-6-4-13(5-7-14)10-16-11-15(8-9-17(16)24)23-22(29)21(28)20(27)19(12-26)31-23/h4-9,11,19-23,26-29H,3,10,12H2,1-2H3. The Bertz CT molecular complexity index is 901. The van der Waals surface area contributed by atoms with Gasteiger partial charge in [-0.15, -0.1) is 0 Å². The third-order valence-electron chi connectivity index (χ3n) is 5.51. The molecular formula is C23H28ClNO6. The zero-order chi connectivity index (χ0) is 22.5. The molecule has 0 amide bonds. The molecule has 3 rings (SSSR count). The Labute approximate surface area is 186 Å². The van der Waals surface area contributed by atoms with Gasteiger partial charge in [-0.3, -0.25) is 0 Å². The Kier molecular flexibility index (Phi) is 8.05. The van der Waals surface area contributed by atoms with E-state index in [1.54, 1.807) is 12.1 Å². The van der Waals surface area contributed by atoms with Gasteiger partial charge in [-0.05, 0) is 41.2 Å². The molecule has 0 aromatic heterocycles. The Hall–Kier alpha value is -2.00. The van der Waals surface area contributed by atoms with Gasteiger partial charge in [0.15, 0.2) is 0 Å². The quantitative estimate of drug-likeness (QED) is 0.381. The fraction of sp³-hybridized carbons (Fsp3) is 0.435. The molecule has 0 saturated carbocycles. The fourth-order valence-electron chi connectivity index (χ4n) is 3.75. The first kappa shape index (κ1) is 23.7. The molecule has 2 aromatic carbocycles. The highest BCUT2D eigenvalue weighted by Crippen LogP contribution is 2.34. The second-order valence-electron chi connectivity index (χ2n) is 7.55. The van der Waals surface area contributed by atoms with Crippen LogP contribution in [0.5, 0.6) is 0 Å². The van der Waals surface area contributed by atoms with E-state index in [2.05, 4.69) is 5.16 Å². The van der Waals surface area contributed by atoms with Crippen LogP contribution in [0.4, 0.5) is 0 Å². The maximum absolute atomic E-state index is 10.4. The van der Waals surface area contributed by atoms with Crippen molar-refractivity contribution < 1.29 is 30.0 Å². The van der Waals surface area contributed by atoms with E-state index in [0.29, 0.717) is 17.0 Å². The number of halogens is 1. The minimum atomic E-state index is -1.43. The van der Waals surface area contributed by atoms with Crippen molar-refractivity contribution in [2.75, 3.05) is 13.7 Å². The van der Waals surface area contributed by atoms with E-state index in [1.807, 2.05) is 37.3 Å². The first-order valence-corrected chi connectivity index (χ1v) is 10.6. The monoisotopic (exact) mass is 449 g/mol. The first-order valence-electron chi connectivity index (χ1n) is 10.2. The third-order valence-corrected chi connectivity index (χ3v) is 5.88. The molecular weight excluding hydrogens is 422 g/mol. The highest BCUT2D eigenvalue weighted by atomic mass is 35.5. The number of ether oxygens (including phenoxy) is 1. The molecule has 5 atom stereocenters. The molecule has 1 saturated heterocycles. The first-order chi connectivity index (χ1) is 14.9. The average molecular weight is 450 g/mol. The van der Waals surface area contributed by atoms with Gasteiger partial charge in [0, 0.05) is 5.02 Å². The molecule has 7 nitrogen and oxygen atoms in total. The summed E-state index contributed by atoms with van der Waals surface area (Å²) in [6.07, 6.45) is -4.71. The maximum atomic E-state index is 10.4. The zero-order valence-corrected chi connectivity index (χ0v) is 18.2. The molecule has 0 aliphatic carbocycles. The second-order valence-corrected chi connectivity index (χ2v) is 7.96. The van der Waals surface area contributed by atoms with Gasteiger partial charge in [0.2, 0.25) is 0 Å². The minimum absolute atomic E-state index is 0.472. The summed E-state index contributed by atoms with van der Waals surface area (Å²) in [6, 6.07) is 13.2. The van der Waals surface area contributed by atoms with Crippen LogP contribution in [0.1, 0.15) is 41.7 Å². The summed E-state index contributed by atoms with van der Waals surface area (Å²) in [4.78, 5) is 4.89. The Morgan fingerprint density at radius 2 is 1.77 bits per heavy atom. The van der Waals surface area contributed by atoms with Crippen LogP contribution >= 0.6 is 11.6 Å². The number of oxime groups is 1. The van der Waals surface area contributed by atoms with Crippen LogP contribution < -0.4 is 0 Å². The van der Waals surface area contributed by atoms with Gasteiger partial charge in [0.1, 0.15) is 37.6 Å². The van der Waals surface area contributed by atoms with Gasteiger partial charge < -0.3 is 30.0 Å². The number of nitrogens with zero attached hydrogens (tertiary/aromatic N) is 1. The Balaban J connectivity index is 1.82. The maximum Gasteiger partial charge on any atom is 0.113 e. The van der Waals surface area contributed by atoms with E-state index in [4.69, 9.17) is 21.2 Å². The van der Waals surface area contributed by atoms with E-state index < -0.39 is 37.1 Å². The minimum Gasteiger partial charge on any atom is -0.399 e. The molecule has 31 heavy (non-hydrogen) atoms. The predicted octanol–water partition coefficient (Wildman–Crippen LogP) is 2.21. The largest absolute Gasteiger partial charge is 0.399 e. The number of hydrogen-bond donors (Lipinski definition) is 4. The van der Waals surface area contributed by atoms with Crippen molar-refractivity contribution in [2.45, 2.75) is 50.3 Å². The van der Waals surface area contributed by atoms with Crippen LogP contribution in [0.3, 0.4) is 0 Å². The molecule has 8 heteroatoms. The van der Waals surface area contributed by atoms with Crippen molar-refractivity contribution in [1.82, 2.24) is 0 Å². The normalized spacial score (nSPS) is 26.7. The van der Waals surface area contributed by atoms with Crippen LogP contribution in [0.15, 0.2) is 47.6 Å². The van der Waals surface area contributed by atoms with Crippen molar-refractivity contribution in [3.8, 4) is 0 Å². The predicted molar refractivity (Wildman–Crippen MR) is 117 cm³/mol. The molecule has 1 fully saturated rings. The summed E-state index contributed by atoms with van der Waals surface area (Å²) >= 11 is 6.41. The lowest BCUT2D eigenvalue weighted by atomic mass is 9.90. The van der Waals surface area contributed by atoms with E-state index in [1.165, 1.54) is 7.11 Å². The van der Waals surface area contributed by atoms with Gasteiger partial charge in [0.25, 0.3) is 0 Å². The van der Waals surface area contributed by atoms with Crippen LogP contribution in [0.2, 0.25) is 5.02 Å². The molecule has 0 spiro atoms. The van der Waals surface area contributed by atoms with Gasteiger partial charge in [0.05, 0.1) is 12.3 Å². The molecule has 0 radical (unpaired) electrons. The number of rotatable bonds is 7. The van der Waals surface area contributed by atoms with E-state index in [-0.39, 0.29) is 0 Å². The molecule has 5 unspecified atom stereocenters. The number of aliphatic hydroxyl groups is 4. The second kappa shape index (κ2) is 10.5. The van der Waals surface area contributed by atoms with Gasteiger partial charge >= 0.3 is 0 Å². The summed E-state index contributed by atoms with van der Waals surface area (Å²) in [7, 11) is 1.52. The van der Waals surface area contributed by atoms with Crippen molar-refractivity contribution in [1.29, 1.82) is 0 Å². The van der Waals surface area contributed by atoms with Crippen molar-refractivity contribution in [3.05, 3.63) is 69.7 Å². The molecule has 4 N–H and O–H groups in total. The van der Waals surface area contributed by atoms with Gasteiger partial charge in [-0.2, -0.15) is 0 Å². The lowest BCUT2D eigenvalue weighted by Crippen LogP contribution is -2.55. The highest BCUT2D eigenvalue weighted by molar-refractivity contribution is 6.31. The number of hydrogen-bond acceptors (Lipinski definition) is 7. The topological polar surface area (TPSA) is 112 Å². The molecule has 1 aliphatic rings. The number of benzene rings is 2. The highest BCUT2D eigenvalue weighted by Gasteiger charge is 2.44. The summed E-state index contributed by atoms with van der Waals surface area (Å²) in [5.74, 6) is 0. The Morgan fingerprint density at radius 3 is 2.39 bits per heavy atom. The van der Waals surface area contributed by atoms with Gasteiger partial charge in [-0.25, -0.2) is 0 Å². The lowest BCUT2D eigenvalue weighted by molar-refractivity contribution is -0.231. The molecule has 1 aliphatic heterocycles. The Morgan fingerprint density at radius 1 is 1.06 bits per heavy atom. The number of aliphatic hydroxyl groups excluding tert-OH is 4. The van der Waals surface area contributed by atoms with Crippen molar-refractivity contribution >= 4 is 17.3 Å². The van der Waals surface area contributed by atoms with Crippen LogP contribution in [-0.4, -0.2) is 64.3 Å². The molecule has 0 bridgehead atoms. The molecule has 2 aromatic rings. The summed E-state index contributed by atoms with van der Waals surface area (Å²) in [5.41, 5.74) is 4.30. The zero-order valence-electron chi connectivity index (χ0n) is 17.5. The van der Waals surface area contributed by atoms with E-state index in [9.17, 15) is 20.4 Å². The SMILES string of the molecule is CCC(=NOC)c1ccc(Cc2cc(C3OC(CO)C(O)C(O)C3O)ccc2Cl)cc1. The van der Waals surface area contributed by atoms with Crippen molar-refractivity contribution in [2.24, 2.45) is 5.16 Å². The molecule has 168 valence electrons. The third kappa shape index (κ3) is 5.26. The van der Waals surface area contributed by atoms with E-state index >= 15 is 0 Å². The smallest absolute Gasteiger partial charge is 0.113 e. The lowest BCUT2D eigenvalue weighted by Gasteiger charge is -2.40. The molecule has 1 heterocycles. The summed E-state index contributed by atoms with van der Waals surface area (Å²) in [6.45, 7) is 1.54. The van der Waals surface area contributed by atoms with Crippen LogP contribution in [0.25, 0.3) is 0 Å².